The summed E-state index contributed by atoms with van der Waals surface area (Å²) in [6, 6.07) is 6.37. The largest absolute Gasteiger partial charge is 0.198 e. The lowest BCUT2D eigenvalue weighted by molar-refractivity contribution is 1.30. The number of aryl methyl sites for hydroxylation is 1. The number of hydrogen-bond donors (Lipinski definition) is 0. The molecule has 2 aromatic rings. The highest BCUT2D eigenvalue weighted by molar-refractivity contribution is 9.10. The monoisotopic (exact) mass is 265 g/mol. The fraction of sp³-hybridized carbons (Fsp3) is 0.182. The Kier molecular flexibility index (Phi) is 2.58. The summed E-state index contributed by atoms with van der Waals surface area (Å²) in [5.74, 6) is 0. The Morgan fingerprint density at radius 1 is 1.50 bits per heavy atom. The second-order valence-electron chi connectivity index (χ2n) is 3.17. The van der Waals surface area contributed by atoms with Gasteiger partial charge in [0, 0.05) is 9.17 Å². The number of hydrogen-bond acceptors (Lipinski definition) is 2. The van der Waals surface area contributed by atoms with Crippen molar-refractivity contribution < 1.29 is 0 Å². The molecule has 0 aliphatic rings. The molecule has 0 N–H and O–H groups in total. The van der Waals surface area contributed by atoms with Crippen molar-refractivity contribution in [1.29, 1.82) is 5.26 Å². The highest BCUT2D eigenvalue weighted by atomic mass is 79.9. The van der Waals surface area contributed by atoms with Gasteiger partial charge in [0.05, 0.1) is 12.5 Å². The van der Waals surface area contributed by atoms with Gasteiger partial charge < -0.3 is 0 Å². The van der Waals surface area contributed by atoms with E-state index in [-0.39, 0.29) is 0 Å². The molecule has 0 unspecified atom stereocenters. The molecule has 0 radical (unpaired) electrons. The van der Waals surface area contributed by atoms with Gasteiger partial charge in [0.25, 0.3) is 0 Å². The van der Waals surface area contributed by atoms with E-state index in [4.69, 9.17) is 5.26 Å². The highest BCUT2D eigenvalue weighted by Gasteiger charge is 2.07. The summed E-state index contributed by atoms with van der Waals surface area (Å²) in [4.78, 5) is 0. The van der Waals surface area contributed by atoms with Crippen LogP contribution in [0.2, 0.25) is 0 Å². The van der Waals surface area contributed by atoms with Crippen molar-refractivity contribution in [3.05, 3.63) is 33.1 Å². The van der Waals surface area contributed by atoms with Gasteiger partial charge in [-0.25, -0.2) is 0 Å². The van der Waals surface area contributed by atoms with Crippen LogP contribution in [0.5, 0.6) is 0 Å². The average Bonchev–Trinajstić information content (AvgIpc) is 2.57. The Morgan fingerprint density at radius 3 is 3.00 bits per heavy atom. The summed E-state index contributed by atoms with van der Waals surface area (Å²) < 4.78 is 2.40. The van der Waals surface area contributed by atoms with E-state index in [2.05, 4.69) is 46.4 Å². The van der Waals surface area contributed by atoms with E-state index in [0.29, 0.717) is 6.42 Å². The number of benzene rings is 1. The van der Waals surface area contributed by atoms with Crippen LogP contribution in [0.3, 0.4) is 0 Å². The van der Waals surface area contributed by atoms with Gasteiger partial charge in [-0.05, 0) is 44.7 Å². The lowest BCUT2D eigenvalue weighted by Crippen LogP contribution is -1.79. The summed E-state index contributed by atoms with van der Waals surface area (Å²) >= 11 is 5.27. The third kappa shape index (κ3) is 1.45. The van der Waals surface area contributed by atoms with Gasteiger partial charge in [-0.3, -0.25) is 0 Å². The van der Waals surface area contributed by atoms with Crippen LogP contribution in [0.4, 0.5) is 0 Å². The maximum atomic E-state index is 8.66. The summed E-state index contributed by atoms with van der Waals surface area (Å²) in [5, 5.41) is 11.9. The zero-order valence-corrected chi connectivity index (χ0v) is 10.1. The first-order valence-corrected chi connectivity index (χ1v) is 5.93. The first-order valence-electron chi connectivity index (χ1n) is 4.26. The molecule has 70 valence electrons. The highest BCUT2D eigenvalue weighted by Crippen LogP contribution is 2.34. The number of thiophene rings is 1. The second kappa shape index (κ2) is 3.72. The Labute approximate surface area is 95.1 Å². The third-order valence-corrected chi connectivity index (χ3v) is 4.57. The van der Waals surface area contributed by atoms with Gasteiger partial charge in [-0.1, -0.05) is 12.1 Å². The van der Waals surface area contributed by atoms with Crippen LogP contribution >= 0.6 is 27.3 Å². The number of halogens is 1. The Bertz CT molecular complexity index is 522. The Balaban J connectivity index is 2.72. The van der Waals surface area contributed by atoms with Crippen molar-refractivity contribution >= 4 is 37.4 Å². The number of nitrogens with zero attached hydrogens (tertiary/aromatic N) is 1. The molecule has 0 fully saturated rings. The van der Waals surface area contributed by atoms with Gasteiger partial charge in [-0.15, -0.1) is 11.3 Å². The minimum absolute atomic E-state index is 0.496. The first-order chi connectivity index (χ1) is 6.74. The molecular weight excluding hydrogens is 258 g/mol. The summed E-state index contributed by atoms with van der Waals surface area (Å²) in [7, 11) is 0. The first kappa shape index (κ1) is 9.70. The lowest BCUT2D eigenvalue weighted by atomic mass is 10.1. The molecule has 1 aromatic heterocycles. The molecule has 14 heavy (non-hydrogen) atoms. The van der Waals surface area contributed by atoms with Crippen molar-refractivity contribution in [3.8, 4) is 6.07 Å². The van der Waals surface area contributed by atoms with Crippen LogP contribution < -0.4 is 0 Å². The maximum absolute atomic E-state index is 8.66. The topological polar surface area (TPSA) is 23.8 Å². The van der Waals surface area contributed by atoms with E-state index in [9.17, 15) is 0 Å². The molecule has 1 nitrogen and oxygen atoms in total. The summed E-state index contributed by atoms with van der Waals surface area (Å²) in [6.07, 6.45) is 0.496. The molecule has 0 saturated heterocycles. The maximum Gasteiger partial charge on any atom is 0.0670 e. The number of nitriles is 1. The van der Waals surface area contributed by atoms with Crippen molar-refractivity contribution in [2.24, 2.45) is 0 Å². The van der Waals surface area contributed by atoms with Crippen molar-refractivity contribution in [1.82, 2.24) is 0 Å². The second-order valence-corrected chi connectivity index (χ2v) is 4.84. The molecule has 3 heteroatoms. The van der Waals surface area contributed by atoms with E-state index in [1.807, 2.05) is 0 Å². The van der Waals surface area contributed by atoms with Gasteiger partial charge >= 0.3 is 0 Å². The molecule has 1 heterocycles. The van der Waals surface area contributed by atoms with Gasteiger partial charge in [0.1, 0.15) is 0 Å². The minimum Gasteiger partial charge on any atom is -0.198 e. The number of rotatable bonds is 1. The molecule has 2 rings (SSSR count). The van der Waals surface area contributed by atoms with E-state index in [1.165, 1.54) is 15.6 Å². The zero-order valence-electron chi connectivity index (χ0n) is 7.67. The van der Waals surface area contributed by atoms with E-state index in [1.54, 1.807) is 11.3 Å². The molecule has 0 aliphatic carbocycles. The van der Waals surface area contributed by atoms with E-state index >= 15 is 0 Å². The Morgan fingerprint density at radius 2 is 2.29 bits per heavy atom. The molecule has 1 aromatic carbocycles. The Hall–Kier alpha value is -0.850. The van der Waals surface area contributed by atoms with Gasteiger partial charge in [0.15, 0.2) is 0 Å². The summed E-state index contributed by atoms with van der Waals surface area (Å²) in [6.45, 7) is 2.08. The fourth-order valence-corrected chi connectivity index (χ4v) is 3.13. The van der Waals surface area contributed by atoms with Crippen molar-refractivity contribution in [3.63, 3.8) is 0 Å². The van der Waals surface area contributed by atoms with E-state index in [0.717, 1.165) is 10.0 Å². The van der Waals surface area contributed by atoms with Gasteiger partial charge in [0.2, 0.25) is 0 Å². The van der Waals surface area contributed by atoms with Crippen LogP contribution in [-0.4, -0.2) is 0 Å². The van der Waals surface area contributed by atoms with Crippen LogP contribution in [-0.2, 0) is 6.42 Å². The van der Waals surface area contributed by atoms with Crippen molar-refractivity contribution in [2.75, 3.05) is 0 Å². The third-order valence-electron chi connectivity index (χ3n) is 2.22. The predicted octanol–water partition coefficient (Wildman–Crippen LogP) is 4.04. The molecule has 0 bridgehead atoms. The molecule has 0 aliphatic heterocycles. The summed E-state index contributed by atoms with van der Waals surface area (Å²) in [5.41, 5.74) is 2.37. The molecule has 0 saturated carbocycles. The quantitative estimate of drug-likeness (QED) is 0.764. The van der Waals surface area contributed by atoms with E-state index < -0.39 is 0 Å². The molecule has 0 atom stereocenters. The molecule has 0 spiro atoms. The number of fused-ring (bicyclic) bond motifs is 1. The van der Waals surface area contributed by atoms with Crippen LogP contribution in [0.15, 0.2) is 22.0 Å². The van der Waals surface area contributed by atoms with Crippen LogP contribution in [0.25, 0.3) is 10.1 Å². The predicted molar refractivity (Wildman–Crippen MR) is 63.6 cm³/mol. The van der Waals surface area contributed by atoms with Crippen LogP contribution in [0.1, 0.15) is 11.1 Å². The molecular formula is C11H8BrNS. The lowest BCUT2D eigenvalue weighted by Gasteiger charge is -1.99. The zero-order chi connectivity index (χ0) is 10.1. The normalized spacial score (nSPS) is 10.4. The average molecular weight is 266 g/mol. The van der Waals surface area contributed by atoms with Gasteiger partial charge in [-0.2, -0.15) is 5.26 Å². The SMILES string of the molecule is Cc1ccc2c(CC#N)csc2c1Br. The smallest absolute Gasteiger partial charge is 0.0670 e. The minimum atomic E-state index is 0.496. The fourth-order valence-electron chi connectivity index (χ4n) is 1.44. The van der Waals surface area contributed by atoms with Crippen molar-refractivity contribution in [2.45, 2.75) is 13.3 Å². The van der Waals surface area contributed by atoms with Crippen LogP contribution in [0, 0.1) is 18.3 Å². The standard InChI is InChI=1S/C11H8BrNS/c1-7-2-3-9-8(4-5-13)6-14-11(9)10(7)12/h2-3,6H,4H2,1H3. The molecule has 0 amide bonds.